The van der Waals surface area contributed by atoms with E-state index >= 15 is 0 Å². The highest BCUT2D eigenvalue weighted by Crippen LogP contribution is 2.32. The lowest BCUT2D eigenvalue weighted by Crippen LogP contribution is -2.50. The van der Waals surface area contributed by atoms with Gasteiger partial charge in [0.1, 0.15) is 11.3 Å². The van der Waals surface area contributed by atoms with Crippen molar-refractivity contribution in [2.45, 2.75) is 70.1 Å². The Bertz CT molecular complexity index is 846. The van der Waals surface area contributed by atoms with E-state index in [4.69, 9.17) is 13.9 Å². The van der Waals surface area contributed by atoms with Crippen LogP contribution in [0.5, 0.6) is 0 Å². The predicted octanol–water partition coefficient (Wildman–Crippen LogP) is 2.51. The molecule has 3 heterocycles. The largest absolute Gasteiger partial charge is 0.444 e. The number of thioether (sulfide) groups is 1. The van der Waals surface area contributed by atoms with E-state index in [0.29, 0.717) is 36.3 Å². The van der Waals surface area contributed by atoms with Gasteiger partial charge in [-0.05, 0) is 47.0 Å². The average Bonchev–Trinajstić information content (AvgIpc) is 3.21. The van der Waals surface area contributed by atoms with Gasteiger partial charge < -0.3 is 13.9 Å². The molecule has 0 aromatic carbocycles. The first kappa shape index (κ1) is 22.4. The van der Waals surface area contributed by atoms with Gasteiger partial charge in [-0.25, -0.2) is 13.2 Å². The van der Waals surface area contributed by atoms with Crippen LogP contribution in [0.2, 0.25) is 0 Å². The van der Waals surface area contributed by atoms with Crippen LogP contribution in [0.15, 0.2) is 9.64 Å². The molecule has 1 aromatic rings. The highest BCUT2D eigenvalue weighted by Gasteiger charge is 2.45. The summed E-state index contributed by atoms with van der Waals surface area (Å²) in [6.45, 7) is 9.54. The monoisotopic (exact) mass is 447 g/mol. The third-order valence-electron chi connectivity index (χ3n) is 4.80. The molecule has 9 nitrogen and oxygen atoms in total. The van der Waals surface area contributed by atoms with Gasteiger partial charge in [0.2, 0.25) is 5.89 Å². The first-order valence-corrected chi connectivity index (χ1v) is 12.5. The zero-order valence-corrected chi connectivity index (χ0v) is 19.1. The second-order valence-electron chi connectivity index (χ2n) is 9.01. The smallest absolute Gasteiger partial charge is 0.412 e. The Morgan fingerprint density at radius 1 is 1.34 bits per heavy atom. The quantitative estimate of drug-likeness (QED) is 0.628. The van der Waals surface area contributed by atoms with E-state index in [1.54, 1.807) is 4.90 Å². The minimum atomic E-state index is -2.93. The fraction of sp³-hybridized carbons (Fsp3) is 0.833. The van der Waals surface area contributed by atoms with Crippen molar-refractivity contribution in [2.24, 2.45) is 5.92 Å². The summed E-state index contributed by atoms with van der Waals surface area (Å²) in [6.07, 6.45) is 0.683. The summed E-state index contributed by atoms with van der Waals surface area (Å²) < 4.78 is 40.2. The Kier molecular flexibility index (Phi) is 6.22. The van der Waals surface area contributed by atoms with E-state index < -0.39 is 27.3 Å². The minimum absolute atomic E-state index is 0.0324. The van der Waals surface area contributed by atoms with Gasteiger partial charge in [0.15, 0.2) is 9.84 Å². The van der Waals surface area contributed by atoms with E-state index in [2.05, 4.69) is 10.2 Å². The predicted molar refractivity (Wildman–Crippen MR) is 107 cm³/mol. The summed E-state index contributed by atoms with van der Waals surface area (Å²) in [6, 6.07) is -0.194. The molecule has 0 bridgehead atoms. The van der Waals surface area contributed by atoms with E-state index in [-0.39, 0.29) is 23.5 Å². The average molecular weight is 448 g/mol. The lowest BCUT2D eigenvalue weighted by atomic mass is 10.1. The molecule has 1 aromatic heterocycles. The van der Waals surface area contributed by atoms with Crippen molar-refractivity contribution in [1.82, 2.24) is 15.1 Å². The first-order chi connectivity index (χ1) is 13.3. The second kappa shape index (κ2) is 8.07. The van der Waals surface area contributed by atoms with Gasteiger partial charge in [0.25, 0.3) is 5.22 Å². The van der Waals surface area contributed by atoms with Crippen LogP contribution in [-0.4, -0.2) is 70.8 Å². The van der Waals surface area contributed by atoms with Gasteiger partial charge in [-0.3, -0.25) is 4.90 Å². The molecule has 1 amide bonds. The van der Waals surface area contributed by atoms with Crippen LogP contribution in [0.3, 0.4) is 0 Å². The van der Waals surface area contributed by atoms with Crippen molar-refractivity contribution in [2.75, 3.05) is 23.9 Å². The Balaban J connectivity index is 1.57. The molecule has 0 N–H and O–H groups in total. The zero-order chi connectivity index (χ0) is 21.4. The molecule has 2 fully saturated rings. The first-order valence-electron chi connectivity index (χ1n) is 9.66. The molecule has 164 valence electrons. The Labute approximate surface area is 175 Å². The van der Waals surface area contributed by atoms with Crippen LogP contribution in [0, 0.1) is 5.92 Å². The van der Waals surface area contributed by atoms with Crippen molar-refractivity contribution in [3.8, 4) is 0 Å². The molecule has 29 heavy (non-hydrogen) atoms. The molecule has 0 radical (unpaired) electrons. The number of sulfone groups is 1. The standard InChI is InChI=1S/C18H29N3O6S2/c1-17(2,3)27-16(22)21-13(9-25-18(21,4)5)10-28-15-20-19-14(26-15)8-12-6-7-29(23,24)11-12/h12-13H,6-11H2,1-5H3. The van der Waals surface area contributed by atoms with Crippen molar-refractivity contribution >= 4 is 27.7 Å². The van der Waals surface area contributed by atoms with E-state index in [1.165, 1.54) is 11.8 Å². The topological polar surface area (TPSA) is 112 Å². The lowest BCUT2D eigenvalue weighted by Gasteiger charge is -2.34. The molecule has 2 atom stereocenters. The summed E-state index contributed by atoms with van der Waals surface area (Å²) in [5, 5.41) is 8.48. The van der Waals surface area contributed by atoms with Crippen LogP contribution in [0.25, 0.3) is 0 Å². The van der Waals surface area contributed by atoms with Crippen LogP contribution in [0.4, 0.5) is 4.79 Å². The number of carbonyl (C=O) groups is 1. The maximum atomic E-state index is 12.7. The normalized spacial score (nSPS) is 26.0. The van der Waals surface area contributed by atoms with Gasteiger partial charge in [-0.2, -0.15) is 0 Å². The van der Waals surface area contributed by atoms with Crippen LogP contribution >= 0.6 is 11.8 Å². The van der Waals surface area contributed by atoms with Gasteiger partial charge in [0, 0.05) is 12.2 Å². The van der Waals surface area contributed by atoms with Crippen molar-refractivity contribution in [3.05, 3.63) is 5.89 Å². The molecular weight excluding hydrogens is 418 g/mol. The third kappa shape index (κ3) is 5.85. The fourth-order valence-electron chi connectivity index (χ4n) is 3.51. The molecule has 0 spiro atoms. The van der Waals surface area contributed by atoms with Crippen molar-refractivity contribution in [1.29, 1.82) is 0 Å². The number of nitrogens with zero attached hydrogens (tertiary/aromatic N) is 3. The highest BCUT2D eigenvalue weighted by molar-refractivity contribution is 7.99. The Morgan fingerprint density at radius 2 is 2.07 bits per heavy atom. The molecule has 3 rings (SSSR count). The molecule has 0 saturated carbocycles. The lowest BCUT2D eigenvalue weighted by molar-refractivity contribution is -0.0617. The summed E-state index contributed by atoms with van der Waals surface area (Å²) in [5.74, 6) is 1.40. The minimum Gasteiger partial charge on any atom is -0.444 e. The molecular formula is C18H29N3O6S2. The number of ether oxygens (including phenoxy) is 2. The molecule has 2 aliphatic rings. The number of hydrogen-bond donors (Lipinski definition) is 0. The van der Waals surface area contributed by atoms with Crippen LogP contribution in [-0.2, 0) is 25.7 Å². The van der Waals surface area contributed by atoms with E-state index in [9.17, 15) is 13.2 Å². The maximum Gasteiger partial charge on any atom is 0.412 e. The van der Waals surface area contributed by atoms with E-state index in [1.807, 2.05) is 34.6 Å². The molecule has 2 aliphatic heterocycles. The Morgan fingerprint density at radius 3 is 2.69 bits per heavy atom. The zero-order valence-electron chi connectivity index (χ0n) is 17.5. The maximum absolute atomic E-state index is 12.7. The third-order valence-corrected chi connectivity index (χ3v) is 7.60. The van der Waals surface area contributed by atoms with Gasteiger partial charge in [0.05, 0.1) is 24.2 Å². The van der Waals surface area contributed by atoms with Gasteiger partial charge in [-0.15, -0.1) is 10.2 Å². The summed E-state index contributed by atoms with van der Waals surface area (Å²) in [7, 11) is -2.93. The second-order valence-corrected chi connectivity index (χ2v) is 12.2. The van der Waals surface area contributed by atoms with Crippen LogP contribution in [0.1, 0.15) is 46.9 Å². The summed E-state index contributed by atoms with van der Waals surface area (Å²) in [5.41, 5.74) is -1.36. The van der Waals surface area contributed by atoms with Crippen molar-refractivity contribution in [3.63, 3.8) is 0 Å². The number of carbonyl (C=O) groups excluding carboxylic acids is 1. The fourth-order valence-corrected chi connectivity index (χ4v) is 6.21. The van der Waals surface area contributed by atoms with Crippen molar-refractivity contribution < 1.29 is 27.1 Å². The Hall–Kier alpha value is -1.33. The molecule has 2 unspecified atom stereocenters. The highest BCUT2D eigenvalue weighted by atomic mass is 32.2. The van der Waals surface area contributed by atoms with E-state index in [0.717, 1.165) is 0 Å². The molecule has 2 saturated heterocycles. The number of aromatic nitrogens is 2. The molecule has 11 heteroatoms. The summed E-state index contributed by atoms with van der Waals surface area (Å²) >= 11 is 1.35. The van der Waals surface area contributed by atoms with Gasteiger partial charge >= 0.3 is 6.09 Å². The SMILES string of the molecule is CC(C)(C)OC(=O)N1C(CSc2nnc(CC3CCS(=O)(=O)C3)o2)COC1(C)C. The molecule has 0 aliphatic carbocycles. The number of rotatable bonds is 5. The number of amides is 1. The summed E-state index contributed by atoms with van der Waals surface area (Å²) in [4.78, 5) is 14.3. The number of hydrogen-bond acceptors (Lipinski definition) is 9. The van der Waals surface area contributed by atoms with Crippen LogP contribution < -0.4 is 0 Å². The van der Waals surface area contributed by atoms with Gasteiger partial charge in [-0.1, -0.05) is 11.8 Å².